The Balaban J connectivity index is 2.48. The molecule has 1 atom stereocenters. The molecule has 1 aliphatic rings. The van der Waals surface area contributed by atoms with E-state index in [1.54, 1.807) is 6.92 Å². The van der Waals surface area contributed by atoms with Gasteiger partial charge in [0.25, 0.3) is 11.5 Å². The third-order valence-electron chi connectivity index (χ3n) is 3.79. The van der Waals surface area contributed by atoms with Crippen LogP contribution in [0.25, 0.3) is 5.70 Å². The van der Waals surface area contributed by atoms with Gasteiger partial charge in [0.15, 0.2) is 6.61 Å². The van der Waals surface area contributed by atoms with E-state index < -0.39 is 40.8 Å². The molecule has 1 aromatic heterocycles. The first kappa shape index (κ1) is 21.7. The van der Waals surface area contributed by atoms with E-state index in [-0.39, 0.29) is 23.6 Å². The molecule has 0 radical (unpaired) electrons. The van der Waals surface area contributed by atoms with Gasteiger partial charge in [0.2, 0.25) is 0 Å². The highest BCUT2D eigenvalue weighted by Crippen LogP contribution is 2.29. The third-order valence-corrected chi connectivity index (χ3v) is 4.15. The quantitative estimate of drug-likeness (QED) is 0.523. The zero-order chi connectivity index (χ0) is 21.1. The molecular weight excluding hydrogens is 401 g/mol. The smallest absolute Gasteiger partial charge is 0.344 e. The second-order valence-corrected chi connectivity index (χ2v) is 6.39. The van der Waals surface area contributed by atoms with Gasteiger partial charge in [-0.05, 0) is 19.9 Å². The second-order valence-electron chi connectivity index (χ2n) is 5.92. The van der Waals surface area contributed by atoms with Crippen molar-refractivity contribution in [3.05, 3.63) is 57.5 Å². The molecule has 0 bridgehead atoms. The van der Waals surface area contributed by atoms with Crippen LogP contribution in [0, 0.1) is 6.92 Å². The van der Waals surface area contributed by atoms with Crippen LogP contribution in [0.4, 0.5) is 13.2 Å². The van der Waals surface area contributed by atoms with Crippen LogP contribution in [0.5, 0.6) is 0 Å². The van der Waals surface area contributed by atoms with Crippen LogP contribution in [0.1, 0.15) is 25.0 Å². The molecular formula is C18H18ClF3N2O4. The highest BCUT2D eigenvalue weighted by atomic mass is 35.5. The SMILES string of the molecule is CCOC(=O)COC1=CC(n2ncc(C(C)(F)F)c(C)c2=O)=C(F)C=CC1Cl. The molecule has 2 rings (SSSR count). The standard InChI is InChI=1S/C18H18ClF3N2O4/c1-4-27-16(25)9-28-15-7-14(13(20)6-5-12(15)19)24-17(26)10(2)11(8-23-24)18(3,21)22/h5-8,12H,4,9H2,1-3H3. The number of alkyl halides is 3. The normalized spacial score (nSPS) is 17.2. The van der Waals surface area contributed by atoms with Crippen molar-refractivity contribution in [1.29, 1.82) is 0 Å². The minimum absolute atomic E-state index is 0.0372. The van der Waals surface area contributed by atoms with Crippen LogP contribution in [-0.2, 0) is 20.2 Å². The maximum atomic E-state index is 14.5. The van der Waals surface area contributed by atoms with E-state index in [0.29, 0.717) is 11.6 Å². The Morgan fingerprint density at radius 3 is 2.71 bits per heavy atom. The molecule has 0 saturated heterocycles. The van der Waals surface area contributed by atoms with Gasteiger partial charge in [-0.3, -0.25) is 4.79 Å². The lowest BCUT2D eigenvalue weighted by molar-refractivity contribution is -0.147. The van der Waals surface area contributed by atoms with Crippen molar-refractivity contribution in [1.82, 2.24) is 9.78 Å². The molecule has 1 heterocycles. The molecule has 0 N–H and O–H groups in total. The van der Waals surface area contributed by atoms with Crippen molar-refractivity contribution < 1.29 is 27.4 Å². The number of allylic oxidation sites excluding steroid dienone is 5. The predicted octanol–water partition coefficient (Wildman–Crippen LogP) is 3.44. The summed E-state index contributed by atoms with van der Waals surface area (Å²) < 4.78 is 52.3. The summed E-state index contributed by atoms with van der Waals surface area (Å²) in [6, 6.07) is 0. The topological polar surface area (TPSA) is 70.4 Å². The number of aromatic nitrogens is 2. The highest BCUT2D eigenvalue weighted by molar-refractivity contribution is 6.23. The van der Waals surface area contributed by atoms with Gasteiger partial charge >= 0.3 is 5.97 Å². The number of rotatable bonds is 6. The monoisotopic (exact) mass is 418 g/mol. The van der Waals surface area contributed by atoms with Crippen LogP contribution < -0.4 is 5.56 Å². The Morgan fingerprint density at radius 2 is 2.11 bits per heavy atom. The van der Waals surface area contributed by atoms with Gasteiger partial charge in [0.1, 0.15) is 22.7 Å². The molecule has 0 amide bonds. The lowest BCUT2D eigenvalue weighted by Crippen LogP contribution is -2.28. The number of carbonyl (C=O) groups excluding carboxylic acids is 1. The molecule has 0 saturated carbocycles. The van der Waals surface area contributed by atoms with Crippen molar-refractivity contribution >= 4 is 23.3 Å². The number of carbonyl (C=O) groups is 1. The number of hydrogen-bond acceptors (Lipinski definition) is 5. The fraction of sp³-hybridized carbons (Fsp3) is 0.389. The maximum absolute atomic E-state index is 14.5. The Labute approximate surface area is 163 Å². The molecule has 0 aromatic carbocycles. The summed E-state index contributed by atoms with van der Waals surface area (Å²) in [5.41, 5.74) is -2.12. The van der Waals surface area contributed by atoms with Gasteiger partial charge in [0.05, 0.1) is 12.8 Å². The van der Waals surface area contributed by atoms with Crippen LogP contribution in [0.3, 0.4) is 0 Å². The summed E-state index contributed by atoms with van der Waals surface area (Å²) in [6.45, 7) is 3.13. The van der Waals surface area contributed by atoms with E-state index >= 15 is 0 Å². The first-order valence-corrected chi connectivity index (χ1v) is 8.69. The van der Waals surface area contributed by atoms with E-state index in [1.807, 2.05) is 0 Å². The van der Waals surface area contributed by atoms with Crippen molar-refractivity contribution in [3.63, 3.8) is 0 Å². The molecule has 0 fully saturated rings. The fourth-order valence-corrected chi connectivity index (χ4v) is 2.61. The largest absolute Gasteiger partial charge is 0.484 e. The van der Waals surface area contributed by atoms with Crippen LogP contribution >= 0.6 is 11.6 Å². The molecule has 1 unspecified atom stereocenters. The first-order chi connectivity index (χ1) is 13.1. The lowest BCUT2D eigenvalue weighted by atomic mass is 10.1. The van der Waals surface area contributed by atoms with Gasteiger partial charge in [-0.2, -0.15) is 9.78 Å². The summed E-state index contributed by atoms with van der Waals surface area (Å²) in [6.07, 6.45) is 4.13. The number of halogens is 4. The van der Waals surface area contributed by atoms with E-state index in [0.717, 1.165) is 18.3 Å². The molecule has 0 aliphatic heterocycles. The molecule has 0 spiro atoms. The zero-order valence-electron chi connectivity index (χ0n) is 15.3. The zero-order valence-corrected chi connectivity index (χ0v) is 16.1. The molecule has 1 aromatic rings. The summed E-state index contributed by atoms with van der Waals surface area (Å²) in [5.74, 6) is -4.86. The van der Waals surface area contributed by atoms with Crippen molar-refractivity contribution in [2.45, 2.75) is 32.1 Å². The van der Waals surface area contributed by atoms with Gasteiger partial charge in [-0.25, -0.2) is 18.0 Å². The van der Waals surface area contributed by atoms with Gasteiger partial charge < -0.3 is 9.47 Å². The van der Waals surface area contributed by atoms with Crippen molar-refractivity contribution in [2.75, 3.05) is 13.2 Å². The average molecular weight is 419 g/mol. The van der Waals surface area contributed by atoms with Gasteiger partial charge in [-0.1, -0.05) is 6.08 Å². The number of esters is 1. The number of ether oxygens (including phenoxy) is 2. The Morgan fingerprint density at radius 1 is 1.43 bits per heavy atom. The van der Waals surface area contributed by atoms with Gasteiger partial charge in [0, 0.05) is 24.1 Å². The molecule has 28 heavy (non-hydrogen) atoms. The second kappa shape index (κ2) is 8.64. The number of hydrogen-bond donors (Lipinski definition) is 0. The Kier molecular flexibility index (Phi) is 6.71. The Bertz CT molecular complexity index is 916. The van der Waals surface area contributed by atoms with E-state index in [1.165, 1.54) is 13.0 Å². The van der Waals surface area contributed by atoms with Gasteiger partial charge in [-0.15, -0.1) is 11.6 Å². The molecule has 6 nitrogen and oxygen atoms in total. The minimum atomic E-state index is -3.28. The summed E-state index contributed by atoms with van der Waals surface area (Å²) in [5, 5.41) is 2.73. The van der Waals surface area contributed by atoms with Crippen LogP contribution in [-0.4, -0.2) is 34.3 Å². The van der Waals surface area contributed by atoms with Crippen LogP contribution in [0.15, 0.2) is 40.8 Å². The average Bonchev–Trinajstić information content (AvgIpc) is 2.74. The Hall–Kier alpha value is -2.55. The summed E-state index contributed by atoms with van der Waals surface area (Å²) in [7, 11) is 0. The number of nitrogens with zero attached hydrogens (tertiary/aromatic N) is 2. The highest BCUT2D eigenvalue weighted by Gasteiger charge is 2.29. The third kappa shape index (κ3) is 4.83. The lowest BCUT2D eigenvalue weighted by Gasteiger charge is -2.15. The molecule has 152 valence electrons. The predicted molar refractivity (Wildman–Crippen MR) is 96.6 cm³/mol. The molecule has 10 heteroatoms. The van der Waals surface area contributed by atoms with E-state index in [9.17, 15) is 22.8 Å². The maximum Gasteiger partial charge on any atom is 0.344 e. The first-order valence-electron chi connectivity index (χ1n) is 8.26. The van der Waals surface area contributed by atoms with E-state index in [2.05, 4.69) is 5.10 Å². The van der Waals surface area contributed by atoms with Crippen molar-refractivity contribution in [2.24, 2.45) is 0 Å². The van der Waals surface area contributed by atoms with Crippen LogP contribution in [0.2, 0.25) is 0 Å². The minimum Gasteiger partial charge on any atom is -0.484 e. The van der Waals surface area contributed by atoms with E-state index in [4.69, 9.17) is 21.1 Å². The fourth-order valence-electron chi connectivity index (χ4n) is 2.41. The summed E-state index contributed by atoms with van der Waals surface area (Å²) >= 11 is 6.09. The van der Waals surface area contributed by atoms with Crippen molar-refractivity contribution in [3.8, 4) is 0 Å². The molecule has 1 aliphatic carbocycles. The summed E-state index contributed by atoms with van der Waals surface area (Å²) in [4.78, 5) is 24.0.